The molecule has 1 aromatic heterocycles. The summed E-state index contributed by atoms with van der Waals surface area (Å²) in [6.45, 7) is 1.22. The molecule has 0 bridgehead atoms. The molecule has 2 aromatic rings. The molecule has 1 unspecified atom stereocenters. The second-order valence-corrected chi connectivity index (χ2v) is 5.88. The van der Waals surface area contributed by atoms with Crippen LogP contribution in [0.25, 0.3) is 0 Å². The summed E-state index contributed by atoms with van der Waals surface area (Å²) in [5.74, 6) is 0.188. The highest BCUT2D eigenvalue weighted by atomic mass is 16.5. The highest BCUT2D eigenvalue weighted by Gasteiger charge is 2.23. The fourth-order valence-corrected chi connectivity index (χ4v) is 2.66. The molecule has 132 valence electrons. The molecule has 0 saturated carbocycles. The number of nitrogens with two attached hydrogens (primary N) is 1. The minimum Gasteiger partial charge on any atom is -0.467 e. The van der Waals surface area contributed by atoms with Crippen LogP contribution in [0.3, 0.4) is 0 Å². The van der Waals surface area contributed by atoms with Gasteiger partial charge in [-0.2, -0.15) is 0 Å². The average molecular weight is 343 g/mol. The molecule has 4 N–H and O–H groups in total. The largest absolute Gasteiger partial charge is 0.467 e. The molecule has 3 rings (SSSR count). The van der Waals surface area contributed by atoms with Crippen molar-refractivity contribution < 1.29 is 18.7 Å². The van der Waals surface area contributed by atoms with Gasteiger partial charge in [0.15, 0.2) is 0 Å². The van der Waals surface area contributed by atoms with Crippen LogP contribution in [0.1, 0.15) is 34.5 Å². The maximum Gasteiger partial charge on any atom is 0.254 e. The molecule has 7 heteroatoms. The Hall–Kier alpha value is -2.64. The second-order valence-electron chi connectivity index (χ2n) is 5.88. The standard InChI is InChI=1S/C18H21N3O4/c19-9-15-8-13(11-25-15)17(22)20-10-12-3-1-4-14(7-12)21-18(23)16-5-2-6-24-16/h1,3-4,7-8,11,16H,2,5-6,9-10,19H2,(H,20,22)(H,21,23). The predicted molar refractivity (Wildman–Crippen MR) is 91.8 cm³/mol. The van der Waals surface area contributed by atoms with Gasteiger partial charge in [0.05, 0.1) is 12.1 Å². The van der Waals surface area contributed by atoms with Crippen molar-refractivity contribution in [1.29, 1.82) is 0 Å². The number of benzene rings is 1. The van der Waals surface area contributed by atoms with Gasteiger partial charge in [0.2, 0.25) is 0 Å². The van der Waals surface area contributed by atoms with E-state index in [2.05, 4.69) is 10.6 Å². The number of ether oxygens (including phenoxy) is 1. The molecule has 1 aliphatic rings. The van der Waals surface area contributed by atoms with Crippen LogP contribution in [-0.4, -0.2) is 24.5 Å². The Kier molecular flexibility index (Phi) is 5.47. The number of rotatable bonds is 6. The van der Waals surface area contributed by atoms with E-state index in [-0.39, 0.29) is 24.5 Å². The smallest absolute Gasteiger partial charge is 0.254 e. The van der Waals surface area contributed by atoms with Gasteiger partial charge < -0.3 is 25.5 Å². The lowest BCUT2D eigenvalue weighted by Crippen LogP contribution is -2.27. The zero-order valence-corrected chi connectivity index (χ0v) is 13.8. The van der Waals surface area contributed by atoms with Crippen molar-refractivity contribution >= 4 is 17.5 Å². The third kappa shape index (κ3) is 4.46. The zero-order valence-electron chi connectivity index (χ0n) is 13.8. The van der Waals surface area contributed by atoms with Gasteiger partial charge in [-0.1, -0.05) is 12.1 Å². The van der Waals surface area contributed by atoms with Crippen molar-refractivity contribution in [3.8, 4) is 0 Å². The van der Waals surface area contributed by atoms with E-state index in [0.29, 0.717) is 30.2 Å². The Morgan fingerprint density at radius 3 is 2.88 bits per heavy atom. The number of carbonyl (C=O) groups is 2. The average Bonchev–Trinajstić information content (AvgIpc) is 3.31. The Morgan fingerprint density at radius 2 is 2.16 bits per heavy atom. The highest BCUT2D eigenvalue weighted by Crippen LogP contribution is 2.16. The zero-order chi connectivity index (χ0) is 17.6. The van der Waals surface area contributed by atoms with Crippen LogP contribution in [0.15, 0.2) is 41.0 Å². The lowest BCUT2D eigenvalue weighted by Gasteiger charge is -2.11. The SMILES string of the molecule is NCc1cc(C(=O)NCc2cccc(NC(=O)C3CCCO3)c2)co1. The number of hydrogen-bond donors (Lipinski definition) is 3. The van der Waals surface area contributed by atoms with E-state index in [1.54, 1.807) is 6.07 Å². The van der Waals surface area contributed by atoms with E-state index >= 15 is 0 Å². The summed E-state index contributed by atoms with van der Waals surface area (Å²) in [6.07, 6.45) is 2.66. The van der Waals surface area contributed by atoms with Crippen LogP contribution in [0.2, 0.25) is 0 Å². The van der Waals surface area contributed by atoms with Crippen LogP contribution in [-0.2, 0) is 22.6 Å². The monoisotopic (exact) mass is 343 g/mol. The fourth-order valence-electron chi connectivity index (χ4n) is 2.66. The van der Waals surface area contributed by atoms with E-state index in [0.717, 1.165) is 18.4 Å². The van der Waals surface area contributed by atoms with Gasteiger partial charge in [-0.15, -0.1) is 0 Å². The molecule has 2 amide bonds. The summed E-state index contributed by atoms with van der Waals surface area (Å²) in [4.78, 5) is 24.2. The molecule has 2 heterocycles. The molecular formula is C18H21N3O4. The predicted octanol–water partition coefficient (Wildman–Crippen LogP) is 1.79. The second kappa shape index (κ2) is 7.96. The molecule has 0 spiro atoms. The minimum atomic E-state index is -0.374. The molecule has 1 aromatic carbocycles. The summed E-state index contributed by atoms with van der Waals surface area (Å²) in [7, 11) is 0. The van der Waals surface area contributed by atoms with Gasteiger partial charge in [-0.25, -0.2) is 0 Å². The van der Waals surface area contributed by atoms with Crippen molar-refractivity contribution in [2.75, 3.05) is 11.9 Å². The normalized spacial score (nSPS) is 16.6. The minimum absolute atomic E-state index is 0.133. The van der Waals surface area contributed by atoms with E-state index < -0.39 is 0 Å². The summed E-state index contributed by atoms with van der Waals surface area (Å²) in [5.41, 5.74) is 7.45. The molecule has 25 heavy (non-hydrogen) atoms. The van der Waals surface area contributed by atoms with Crippen LogP contribution in [0.4, 0.5) is 5.69 Å². The van der Waals surface area contributed by atoms with Gasteiger partial charge in [0.1, 0.15) is 18.1 Å². The van der Waals surface area contributed by atoms with Gasteiger partial charge in [-0.05, 0) is 36.6 Å². The van der Waals surface area contributed by atoms with E-state index in [1.807, 2.05) is 24.3 Å². The van der Waals surface area contributed by atoms with Crippen molar-refractivity contribution in [2.24, 2.45) is 5.73 Å². The number of carbonyl (C=O) groups excluding carboxylic acids is 2. The molecule has 0 radical (unpaired) electrons. The first kappa shape index (κ1) is 17.2. The first-order valence-electron chi connectivity index (χ1n) is 8.23. The van der Waals surface area contributed by atoms with E-state index in [4.69, 9.17) is 14.9 Å². The molecule has 7 nitrogen and oxygen atoms in total. The van der Waals surface area contributed by atoms with Crippen molar-refractivity contribution in [3.63, 3.8) is 0 Å². The third-order valence-corrected chi connectivity index (χ3v) is 3.99. The Balaban J connectivity index is 1.55. The van der Waals surface area contributed by atoms with Crippen molar-refractivity contribution in [3.05, 3.63) is 53.5 Å². The maximum atomic E-state index is 12.1. The molecule has 0 aliphatic carbocycles. The van der Waals surface area contributed by atoms with Crippen LogP contribution in [0.5, 0.6) is 0 Å². The molecule has 1 atom stereocenters. The number of anilines is 1. The van der Waals surface area contributed by atoms with Gasteiger partial charge in [-0.3, -0.25) is 9.59 Å². The third-order valence-electron chi connectivity index (χ3n) is 3.99. The summed E-state index contributed by atoms with van der Waals surface area (Å²) in [6, 6.07) is 8.96. The highest BCUT2D eigenvalue weighted by molar-refractivity contribution is 5.95. The molecule has 1 aliphatic heterocycles. The summed E-state index contributed by atoms with van der Waals surface area (Å²) >= 11 is 0. The van der Waals surface area contributed by atoms with Crippen LogP contribution < -0.4 is 16.4 Å². The lowest BCUT2D eigenvalue weighted by atomic mass is 10.1. The quantitative estimate of drug-likeness (QED) is 0.741. The number of furan rings is 1. The lowest BCUT2D eigenvalue weighted by molar-refractivity contribution is -0.124. The summed E-state index contributed by atoms with van der Waals surface area (Å²) in [5, 5.41) is 5.66. The Morgan fingerprint density at radius 1 is 1.28 bits per heavy atom. The van der Waals surface area contributed by atoms with Crippen molar-refractivity contribution in [1.82, 2.24) is 5.32 Å². The molecule has 1 fully saturated rings. The fraction of sp³-hybridized carbons (Fsp3) is 0.333. The van der Waals surface area contributed by atoms with Crippen LogP contribution >= 0.6 is 0 Å². The number of hydrogen-bond acceptors (Lipinski definition) is 5. The van der Waals surface area contributed by atoms with Gasteiger partial charge >= 0.3 is 0 Å². The first-order chi connectivity index (χ1) is 12.2. The van der Waals surface area contributed by atoms with Crippen molar-refractivity contribution in [2.45, 2.75) is 32.0 Å². The number of nitrogens with one attached hydrogen (secondary N) is 2. The molecule has 1 saturated heterocycles. The van der Waals surface area contributed by atoms with E-state index in [1.165, 1.54) is 6.26 Å². The van der Waals surface area contributed by atoms with Gasteiger partial charge in [0, 0.05) is 18.8 Å². The molecular weight excluding hydrogens is 322 g/mol. The Bertz CT molecular complexity index is 750. The number of amides is 2. The topological polar surface area (TPSA) is 107 Å². The Labute approximate surface area is 145 Å². The van der Waals surface area contributed by atoms with Gasteiger partial charge in [0.25, 0.3) is 11.8 Å². The summed E-state index contributed by atoms with van der Waals surface area (Å²) < 4.78 is 10.5. The first-order valence-corrected chi connectivity index (χ1v) is 8.23. The van der Waals surface area contributed by atoms with E-state index in [9.17, 15) is 9.59 Å². The van der Waals surface area contributed by atoms with Crippen LogP contribution in [0, 0.1) is 0 Å². The maximum absolute atomic E-state index is 12.1.